The number of fused-ring (bicyclic) bond motifs is 4. The Labute approximate surface area is 216 Å². The number of carbonyl (C=O) groups excluding carboxylic acids is 1. The fraction of sp³-hybridized carbons (Fsp3) is 0.121. The predicted octanol–water partition coefficient (Wildman–Crippen LogP) is 7.00. The summed E-state index contributed by atoms with van der Waals surface area (Å²) in [6.45, 7) is 1.90. The van der Waals surface area contributed by atoms with Gasteiger partial charge in [-0.1, -0.05) is 97.1 Å². The number of rotatable bonds is 1. The fourth-order valence-corrected chi connectivity index (χ4v) is 5.35. The van der Waals surface area contributed by atoms with Gasteiger partial charge in [0.2, 0.25) is 0 Å². The van der Waals surface area contributed by atoms with Crippen LogP contribution in [0, 0.1) is 22.7 Å². The number of esters is 1. The van der Waals surface area contributed by atoms with Crippen molar-refractivity contribution in [2.75, 3.05) is 7.11 Å². The minimum absolute atomic E-state index is 0.296. The van der Waals surface area contributed by atoms with Gasteiger partial charge in [-0.05, 0) is 46.0 Å². The molecule has 4 nitrogen and oxygen atoms in total. The maximum Gasteiger partial charge on any atom is 0.317 e. The molecule has 0 bridgehead atoms. The molecule has 0 aliphatic heterocycles. The Hall–Kier alpha value is -4.93. The third kappa shape index (κ3) is 3.90. The Bertz CT molecular complexity index is 1640. The summed E-state index contributed by atoms with van der Waals surface area (Å²) in [7, 11) is 1.39. The molecular weight excluding hydrogens is 456 g/mol. The minimum atomic E-state index is -0.752. The van der Waals surface area contributed by atoms with E-state index in [0.29, 0.717) is 0 Å². The molecule has 0 saturated carbocycles. The predicted molar refractivity (Wildman–Crippen MR) is 145 cm³/mol. The van der Waals surface area contributed by atoms with Crippen LogP contribution < -0.4 is 0 Å². The third-order valence-corrected chi connectivity index (χ3v) is 7.16. The second-order valence-corrected chi connectivity index (χ2v) is 9.17. The lowest BCUT2D eigenvalue weighted by Gasteiger charge is -2.36. The molecule has 6 rings (SSSR count). The normalized spacial score (nSPS) is 17.4. The second-order valence-electron chi connectivity index (χ2n) is 9.17. The van der Waals surface area contributed by atoms with E-state index in [1.807, 2.05) is 104 Å². The zero-order valence-electron chi connectivity index (χ0n) is 20.6. The highest BCUT2D eigenvalue weighted by Gasteiger charge is 2.43. The number of benzene rings is 5. The van der Waals surface area contributed by atoms with E-state index in [9.17, 15) is 15.3 Å². The second kappa shape index (κ2) is 9.61. The molecule has 178 valence electrons. The van der Waals surface area contributed by atoms with Crippen molar-refractivity contribution in [2.24, 2.45) is 0 Å². The van der Waals surface area contributed by atoms with Crippen molar-refractivity contribution in [1.82, 2.24) is 0 Å². The van der Waals surface area contributed by atoms with E-state index in [1.165, 1.54) is 7.11 Å². The van der Waals surface area contributed by atoms with Gasteiger partial charge in [-0.3, -0.25) is 4.79 Å². The lowest BCUT2D eigenvalue weighted by Crippen LogP contribution is -2.33. The van der Waals surface area contributed by atoms with Crippen LogP contribution in [-0.2, 0) is 14.9 Å². The Kier molecular flexibility index (Phi) is 6.18. The Balaban J connectivity index is 0.000000157. The molecule has 0 saturated heterocycles. The SMILES string of the molecule is COC(=O)C1c2ccccc2C(C)(C#N)c2ccccc21.N#Cc1c2ccccc2cc2ccccc12. The van der Waals surface area contributed by atoms with Crippen LogP contribution in [0.2, 0.25) is 0 Å². The zero-order chi connectivity index (χ0) is 26.0. The first-order chi connectivity index (χ1) is 18.0. The van der Waals surface area contributed by atoms with Crippen molar-refractivity contribution in [3.8, 4) is 12.1 Å². The molecule has 1 aliphatic rings. The van der Waals surface area contributed by atoms with Crippen molar-refractivity contribution in [3.05, 3.63) is 131 Å². The van der Waals surface area contributed by atoms with E-state index < -0.39 is 11.3 Å². The maximum atomic E-state index is 12.3. The van der Waals surface area contributed by atoms with Crippen molar-refractivity contribution in [1.29, 1.82) is 10.5 Å². The van der Waals surface area contributed by atoms with Crippen LogP contribution in [0.3, 0.4) is 0 Å². The largest absolute Gasteiger partial charge is 0.468 e. The molecule has 0 atom stereocenters. The Morgan fingerprint density at radius 1 is 0.757 bits per heavy atom. The smallest absolute Gasteiger partial charge is 0.317 e. The van der Waals surface area contributed by atoms with Crippen LogP contribution in [-0.4, -0.2) is 13.1 Å². The first kappa shape index (κ1) is 23.8. The number of carbonyl (C=O) groups is 1. The molecular formula is C33H24N2O2. The van der Waals surface area contributed by atoms with Gasteiger partial charge in [0.1, 0.15) is 17.4 Å². The highest BCUT2D eigenvalue weighted by Crippen LogP contribution is 2.46. The summed E-state index contributed by atoms with van der Waals surface area (Å²) >= 11 is 0. The summed E-state index contributed by atoms with van der Waals surface area (Å²) in [6, 6.07) is 38.1. The molecule has 5 aromatic carbocycles. The fourth-order valence-electron chi connectivity index (χ4n) is 5.35. The molecule has 0 aromatic heterocycles. The van der Waals surface area contributed by atoms with Gasteiger partial charge < -0.3 is 4.74 Å². The first-order valence-corrected chi connectivity index (χ1v) is 12.0. The van der Waals surface area contributed by atoms with Crippen LogP contribution in [0.25, 0.3) is 21.5 Å². The third-order valence-electron chi connectivity index (χ3n) is 7.16. The number of nitriles is 2. The molecule has 1 aliphatic carbocycles. The highest BCUT2D eigenvalue weighted by atomic mass is 16.5. The molecule has 5 aromatic rings. The summed E-state index contributed by atoms with van der Waals surface area (Å²) in [5, 5.41) is 23.4. The van der Waals surface area contributed by atoms with Crippen molar-refractivity contribution < 1.29 is 9.53 Å². The molecule has 37 heavy (non-hydrogen) atoms. The highest BCUT2D eigenvalue weighted by molar-refractivity contribution is 6.04. The quantitative estimate of drug-likeness (QED) is 0.191. The summed E-state index contributed by atoms with van der Waals surface area (Å²) in [6.07, 6.45) is 0. The molecule has 0 unspecified atom stereocenters. The van der Waals surface area contributed by atoms with E-state index in [1.54, 1.807) is 0 Å². The van der Waals surface area contributed by atoms with Gasteiger partial charge in [0, 0.05) is 10.8 Å². The Morgan fingerprint density at radius 2 is 1.22 bits per heavy atom. The van der Waals surface area contributed by atoms with Gasteiger partial charge in [-0.2, -0.15) is 10.5 Å². The monoisotopic (exact) mass is 480 g/mol. The van der Waals surface area contributed by atoms with Crippen LogP contribution in [0.15, 0.2) is 103 Å². The number of hydrogen-bond donors (Lipinski definition) is 0. The van der Waals surface area contributed by atoms with Gasteiger partial charge >= 0.3 is 5.97 Å². The van der Waals surface area contributed by atoms with Crippen LogP contribution in [0.5, 0.6) is 0 Å². The average Bonchev–Trinajstić information content (AvgIpc) is 2.96. The van der Waals surface area contributed by atoms with Crippen molar-refractivity contribution >= 4 is 27.5 Å². The Morgan fingerprint density at radius 3 is 1.68 bits per heavy atom. The number of hydrogen-bond acceptors (Lipinski definition) is 4. The molecule has 0 heterocycles. The van der Waals surface area contributed by atoms with Crippen molar-refractivity contribution in [2.45, 2.75) is 18.3 Å². The first-order valence-electron chi connectivity index (χ1n) is 12.0. The zero-order valence-corrected chi connectivity index (χ0v) is 20.6. The van der Waals surface area contributed by atoms with E-state index in [-0.39, 0.29) is 5.97 Å². The number of ether oxygens (including phenoxy) is 1. The van der Waals surface area contributed by atoms with Crippen LogP contribution in [0.4, 0.5) is 0 Å². The molecule has 0 N–H and O–H groups in total. The van der Waals surface area contributed by atoms with E-state index >= 15 is 0 Å². The lowest BCUT2D eigenvalue weighted by atomic mass is 9.65. The minimum Gasteiger partial charge on any atom is -0.468 e. The van der Waals surface area contributed by atoms with Gasteiger partial charge in [-0.15, -0.1) is 0 Å². The van der Waals surface area contributed by atoms with Gasteiger partial charge in [0.05, 0.1) is 18.7 Å². The van der Waals surface area contributed by atoms with E-state index in [2.05, 4.69) is 18.2 Å². The number of nitrogens with zero attached hydrogens (tertiary/aromatic N) is 2. The van der Waals surface area contributed by atoms with Crippen LogP contribution >= 0.6 is 0 Å². The summed E-state index contributed by atoms with van der Waals surface area (Å²) in [5.41, 5.74) is 3.48. The average molecular weight is 481 g/mol. The summed E-state index contributed by atoms with van der Waals surface area (Å²) < 4.78 is 4.98. The van der Waals surface area contributed by atoms with Crippen molar-refractivity contribution in [3.63, 3.8) is 0 Å². The standard InChI is InChI=1S/C18H15NO2.C15H9N/c1-18(11-19)14-9-5-3-7-12(14)16(17(20)21-2)13-8-4-6-10-15(13)18;16-10-15-13-7-3-1-5-11(13)9-12-6-2-4-8-14(12)15/h3-10,16H,1-2H3;1-9H. The summed E-state index contributed by atoms with van der Waals surface area (Å²) in [4.78, 5) is 12.3. The van der Waals surface area contributed by atoms with Gasteiger partial charge in [0.25, 0.3) is 0 Å². The lowest BCUT2D eigenvalue weighted by molar-refractivity contribution is -0.141. The summed E-state index contributed by atoms with van der Waals surface area (Å²) in [5.74, 6) is -0.765. The topological polar surface area (TPSA) is 73.9 Å². The molecule has 0 radical (unpaired) electrons. The molecule has 0 spiro atoms. The van der Waals surface area contributed by atoms with Crippen LogP contribution in [0.1, 0.15) is 40.7 Å². The molecule has 4 heteroatoms. The number of methoxy groups -OCH3 is 1. The van der Waals surface area contributed by atoms with E-state index in [0.717, 1.165) is 49.4 Å². The van der Waals surface area contributed by atoms with E-state index in [4.69, 9.17) is 4.74 Å². The molecule has 0 fully saturated rings. The molecule has 0 amide bonds. The van der Waals surface area contributed by atoms with Gasteiger partial charge in [-0.25, -0.2) is 0 Å². The van der Waals surface area contributed by atoms with Gasteiger partial charge in [0.15, 0.2) is 0 Å². The maximum absolute atomic E-state index is 12.3.